The van der Waals surface area contributed by atoms with Gasteiger partial charge in [0.25, 0.3) is 0 Å². The molecule has 0 bridgehead atoms. The van der Waals surface area contributed by atoms with Gasteiger partial charge in [0.1, 0.15) is 0 Å². The number of nitrogens with zero attached hydrogens (tertiary/aromatic N) is 1. The molecule has 3 rings (SSSR count). The second-order valence-corrected chi connectivity index (χ2v) is 7.52. The van der Waals surface area contributed by atoms with Crippen molar-refractivity contribution in [2.24, 2.45) is 29.4 Å². The quantitative estimate of drug-likeness (QED) is 0.838. The van der Waals surface area contributed by atoms with Crippen LogP contribution in [0.4, 0.5) is 4.79 Å². The van der Waals surface area contributed by atoms with Gasteiger partial charge >= 0.3 is 6.03 Å². The molecule has 1 saturated heterocycles. The van der Waals surface area contributed by atoms with Gasteiger partial charge in [-0.05, 0) is 56.3 Å². The molecule has 0 aromatic rings. The number of carbonyl (C=O) groups excluding carboxylic acids is 2. The largest absolute Gasteiger partial charge is 0.369 e. The van der Waals surface area contributed by atoms with E-state index in [1.165, 1.54) is 25.7 Å². The van der Waals surface area contributed by atoms with Gasteiger partial charge in [-0.25, -0.2) is 4.79 Å². The molecule has 0 radical (unpaired) electrons. The third kappa shape index (κ3) is 3.55. The number of rotatable bonds is 3. The van der Waals surface area contributed by atoms with Crippen LogP contribution in [-0.4, -0.2) is 36.5 Å². The summed E-state index contributed by atoms with van der Waals surface area (Å²) in [4.78, 5) is 25.5. The Kier molecular flexibility index (Phi) is 4.89. The molecule has 5 heteroatoms. The van der Waals surface area contributed by atoms with E-state index in [0.717, 1.165) is 57.2 Å². The van der Waals surface area contributed by atoms with Crippen LogP contribution in [0.5, 0.6) is 0 Å². The van der Waals surface area contributed by atoms with Crippen LogP contribution in [0.2, 0.25) is 0 Å². The molecule has 3 fully saturated rings. The fourth-order valence-corrected chi connectivity index (χ4v) is 4.57. The highest BCUT2D eigenvalue weighted by atomic mass is 16.2. The van der Waals surface area contributed by atoms with Crippen LogP contribution in [0, 0.1) is 23.7 Å². The first kappa shape index (κ1) is 15.6. The minimum atomic E-state index is -0.165. The summed E-state index contributed by atoms with van der Waals surface area (Å²) in [5.74, 6) is 1.87. The Morgan fingerprint density at radius 2 is 1.55 bits per heavy atom. The molecule has 2 saturated carbocycles. The third-order valence-corrected chi connectivity index (χ3v) is 6.05. The van der Waals surface area contributed by atoms with E-state index < -0.39 is 0 Å². The summed E-state index contributed by atoms with van der Waals surface area (Å²) in [5, 5.41) is 3.12. The van der Waals surface area contributed by atoms with Crippen molar-refractivity contribution in [1.82, 2.24) is 10.2 Å². The molecule has 22 heavy (non-hydrogen) atoms. The number of primary amides is 1. The Bertz CT molecular complexity index is 404. The second-order valence-electron chi connectivity index (χ2n) is 7.52. The lowest BCUT2D eigenvalue weighted by Crippen LogP contribution is -2.41. The normalized spacial score (nSPS) is 35.0. The van der Waals surface area contributed by atoms with Crippen LogP contribution in [-0.2, 0) is 4.79 Å². The highest BCUT2D eigenvalue weighted by Gasteiger charge is 2.36. The van der Waals surface area contributed by atoms with Crippen LogP contribution < -0.4 is 11.1 Å². The average Bonchev–Trinajstić information content (AvgIpc) is 2.97. The summed E-state index contributed by atoms with van der Waals surface area (Å²) in [6.45, 7) is 2.64. The minimum absolute atomic E-state index is 0.0497. The molecule has 0 aromatic heterocycles. The van der Waals surface area contributed by atoms with Crippen LogP contribution in [0.1, 0.15) is 51.4 Å². The van der Waals surface area contributed by atoms with E-state index in [0.29, 0.717) is 5.92 Å². The maximum atomic E-state index is 12.3. The fourth-order valence-electron chi connectivity index (χ4n) is 4.57. The SMILES string of the molecule is NC(=O)C1CCC(CNC(=O)N2C[C@H]3CCCC[C@H]3C2)CC1. The van der Waals surface area contributed by atoms with E-state index in [1.54, 1.807) is 0 Å². The number of amides is 3. The first-order chi connectivity index (χ1) is 10.6. The molecule has 3 amide bonds. The van der Waals surface area contributed by atoms with Crippen molar-refractivity contribution < 1.29 is 9.59 Å². The molecule has 0 unspecified atom stereocenters. The topological polar surface area (TPSA) is 75.4 Å². The molecule has 2 aliphatic carbocycles. The zero-order valence-electron chi connectivity index (χ0n) is 13.4. The Morgan fingerprint density at radius 3 is 2.09 bits per heavy atom. The molecular weight excluding hydrogens is 278 g/mol. The predicted molar refractivity (Wildman–Crippen MR) is 85.1 cm³/mol. The van der Waals surface area contributed by atoms with Crippen LogP contribution in [0.25, 0.3) is 0 Å². The maximum absolute atomic E-state index is 12.3. The van der Waals surface area contributed by atoms with Gasteiger partial charge in [0.2, 0.25) is 5.91 Å². The number of nitrogens with one attached hydrogen (secondary N) is 1. The van der Waals surface area contributed by atoms with Crippen molar-refractivity contribution >= 4 is 11.9 Å². The average molecular weight is 307 g/mol. The maximum Gasteiger partial charge on any atom is 0.317 e. The number of nitrogens with two attached hydrogens (primary N) is 1. The van der Waals surface area contributed by atoms with Crippen molar-refractivity contribution in [3.05, 3.63) is 0 Å². The van der Waals surface area contributed by atoms with Crippen LogP contribution >= 0.6 is 0 Å². The van der Waals surface area contributed by atoms with E-state index in [4.69, 9.17) is 5.73 Å². The molecule has 1 heterocycles. The van der Waals surface area contributed by atoms with Crippen LogP contribution in [0.3, 0.4) is 0 Å². The van der Waals surface area contributed by atoms with E-state index in [2.05, 4.69) is 5.32 Å². The van der Waals surface area contributed by atoms with Gasteiger partial charge in [-0.1, -0.05) is 12.8 Å². The first-order valence-corrected chi connectivity index (χ1v) is 8.95. The first-order valence-electron chi connectivity index (χ1n) is 8.95. The van der Waals surface area contributed by atoms with Crippen molar-refractivity contribution in [2.75, 3.05) is 19.6 Å². The monoisotopic (exact) mass is 307 g/mol. The van der Waals surface area contributed by atoms with Crippen molar-refractivity contribution in [3.8, 4) is 0 Å². The number of carbonyl (C=O) groups is 2. The third-order valence-electron chi connectivity index (χ3n) is 6.05. The number of likely N-dealkylation sites (tertiary alicyclic amines) is 1. The Morgan fingerprint density at radius 1 is 0.955 bits per heavy atom. The highest BCUT2D eigenvalue weighted by Crippen LogP contribution is 2.36. The lowest BCUT2D eigenvalue weighted by Gasteiger charge is -2.27. The zero-order chi connectivity index (χ0) is 15.5. The smallest absolute Gasteiger partial charge is 0.317 e. The summed E-state index contributed by atoms with van der Waals surface area (Å²) in [6, 6.07) is 0.117. The van der Waals surface area contributed by atoms with Gasteiger partial charge in [-0.3, -0.25) is 4.79 Å². The van der Waals surface area contributed by atoms with Gasteiger partial charge in [-0.2, -0.15) is 0 Å². The minimum Gasteiger partial charge on any atom is -0.369 e. The number of hydrogen-bond donors (Lipinski definition) is 2. The molecule has 0 aromatic carbocycles. The number of hydrogen-bond acceptors (Lipinski definition) is 2. The van der Waals surface area contributed by atoms with E-state index >= 15 is 0 Å². The van der Waals surface area contributed by atoms with E-state index in [9.17, 15) is 9.59 Å². The van der Waals surface area contributed by atoms with Gasteiger partial charge in [0, 0.05) is 25.6 Å². The number of fused-ring (bicyclic) bond motifs is 1. The van der Waals surface area contributed by atoms with Crippen molar-refractivity contribution in [2.45, 2.75) is 51.4 Å². The highest BCUT2D eigenvalue weighted by molar-refractivity contribution is 5.76. The molecule has 1 aliphatic heterocycles. The van der Waals surface area contributed by atoms with Gasteiger partial charge in [0.05, 0.1) is 0 Å². The summed E-state index contributed by atoms with van der Waals surface area (Å²) in [6.07, 6.45) is 9.02. The fraction of sp³-hybridized carbons (Fsp3) is 0.882. The van der Waals surface area contributed by atoms with Gasteiger partial charge in [0.15, 0.2) is 0 Å². The van der Waals surface area contributed by atoms with Gasteiger partial charge < -0.3 is 16.0 Å². The van der Waals surface area contributed by atoms with Gasteiger partial charge in [-0.15, -0.1) is 0 Å². The molecule has 3 aliphatic rings. The predicted octanol–water partition coefficient (Wildman–Crippen LogP) is 2.11. The molecule has 3 N–H and O–H groups in total. The second kappa shape index (κ2) is 6.88. The lowest BCUT2D eigenvalue weighted by atomic mass is 9.82. The summed E-state index contributed by atoms with van der Waals surface area (Å²) >= 11 is 0. The Balaban J connectivity index is 1.39. The molecule has 2 atom stereocenters. The van der Waals surface area contributed by atoms with Crippen LogP contribution in [0.15, 0.2) is 0 Å². The summed E-state index contributed by atoms with van der Waals surface area (Å²) in [5.41, 5.74) is 5.36. The molecule has 0 spiro atoms. The van der Waals surface area contributed by atoms with Crippen molar-refractivity contribution in [1.29, 1.82) is 0 Å². The van der Waals surface area contributed by atoms with E-state index in [1.807, 2.05) is 4.90 Å². The Hall–Kier alpha value is -1.26. The summed E-state index contributed by atoms with van der Waals surface area (Å²) in [7, 11) is 0. The Labute approximate surface area is 133 Å². The molecule has 124 valence electrons. The standard InChI is InChI=1S/C17H29N3O2/c18-16(21)13-7-5-12(6-8-13)9-19-17(22)20-10-14-3-1-2-4-15(14)11-20/h12-15H,1-11H2,(H2,18,21)(H,19,22)/t12?,13?,14-,15+. The van der Waals surface area contributed by atoms with E-state index in [-0.39, 0.29) is 17.9 Å². The zero-order valence-corrected chi connectivity index (χ0v) is 13.4. The molecular formula is C17H29N3O2. The summed E-state index contributed by atoms with van der Waals surface area (Å²) < 4.78 is 0. The molecule has 5 nitrogen and oxygen atoms in total. The van der Waals surface area contributed by atoms with Crippen molar-refractivity contribution in [3.63, 3.8) is 0 Å². The lowest BCUT2D eigenvalue weighted by molar-refractivity contribution is -0.122. The number of urea groups is 1.